The standard InChI is InChI=1S/C20H22FN3O4S/c1-11-5-8-15(9-6-11)29(26,27)24-18(19-22-23-20(25)28-19)14(4)17-13(3)12(2)7-10-16(17)21/h5-10,14,18,24H,1-4H3,(H,23,25). The molecule has 0 aliphatic rings. The Balaban J connectivity index is 2.08. The van der Waals surface area contributed by atoms with Crippen LogP contribution in [0.1, 0.15) is 47.0 Å². The molecule has 0 radical (unpaired) electrons. The number of benzene rings is 2. The highest BCUT2D eigenvalue weighted by atomic mass is 32.2. The van der Waals surface area contributed by atoms with Crippen molar-refractivity contribution in [1.82, 2.24) is 14.9 Å². The fraction of sp³-hybridized carbons (Fsp3) is 0.300. The molecular weight excluding hydrogens is 397 g/mol. The molecule has 0 amide bonds. The van der Waals surface area contributed by atoms with Gasteiger partial charge in [-0.25, -0.2) is 22.7 Å². The number of nitrogens with zero attached hydrogens (tertiary/aromatic N) is 1. The number of aromatic nitrogens is 2. The van der Waals surface area contributed by atoms with Gasteiger partial charge in [-0.3, -0.25) is 0 Å². The van der Waals surface area contributed by atoms with Gasteiger partial charge in [-0.2, -0.15) is 4.72 Å². The van der Waals surface area contributed by atoms with Crippen LogP contribution in [0, 0.1) is 26.6 Å². The lowest BCUT2D eigenvalue weighted by Gasteiger charge is -2.25. The smallest absolute Gasteiger partial charge is 0.391 e. The molecule has 29 heavy (non-hydrogen) atoms. The molecule has 0 spiro atoms. The second-order valence-corrected chi connectivity index (χ2v) is 8.77. The lowest BCUT2D eigenvalue weighted by atomic mass is 9.88. The Morgan fingerprint density at radius 3 is 2.34 bits per heavy atom. The van der Waals surface area contributed by atoms with Crippen molar-refractivity contribution >= 4 is 10.0 Å². The summed E-state index contributed by atoms with van der Waals surface area (Å²) in [4.78, 5) is 11.5. The number of halogens is 1. The number of aromatic amines is 1. The maximum Gasteiger partial charge on any atom is 0.434 e. The van der Waals surface area contributed by atoms with Gasteiger partial charge < -0.3 is 4.42 Å². The second kappa shape index (κ2) is 7.92. The Morgan fingerprint density at radius 1 is 1.10 bits per heavy atom. The van der Waals surface area contributed by atoms with Gasteiger partial charge in [0.05, 0.1) is 4.90 Å². The third-order valence-electron chi connectivity index (χ3n) is 5.02. The molecule has 2 atom stereocenters. The number of hydrogen-bond acceptors (Lipinski definition) is 5. The molecule has 2 N–H and O–H groups in total. The summed E-state index contributed by atoms with van der Waals surface area (Å²) in [6.07, 6.45) is 0. The van der Waals surface area contributed by atoms with Crippen LogP contribution in [0.4, 0.5) is 4.39 Å². The summed E-state index contributed by atoms with van der Waals surface area (Å²) in [5.74, 6) is -2.17. The number of rotatable bonds is 6. The SMILES string of the molecule is Cc1ccc(S(=O)(=O)NC(c2n[nH]c(=O)o2)C(C)c2c(F)ccc(C)c2C)cc1. The van der Waals surface area contributed by atoms with E-state index >= 15 is 0 Å². The van der Waals surface area contributed by atoms with Gasteiger partial charge in [-0.05, 0) is 55.7 Å². The molecule has 0 saturated carbocycles. The maximum atomic E-state index is 14.7. The summed E-state index contributed by atoms with van der Waals surface area (Å²) in [7, 11) is -3.99. The summed E-state index contributed by atoms with van der Waals surface area (Å²) in [6, 6.07) is 8.17. The molecule has 0 saturated heterocycles. The summed E-state index contributed by atoms with van der Waals surface area (Å²) < 4.78 is 48.1. The van der Waals surface area contributed by atoms with Crippen molar-refractivity contribution in [1.29, 1.82) is 0 Å². The van der Waals surface area contributed by atoms with Crippen LogP contribution in [0.25, 0.3) is 0 Å². The van der Waals surface area contributed by atoms with Crippen molar-refractivity contribution in [3.63, 3.8) is 0 Å². The van der Waals surface area contributed by atoms with Gasteiger partial charge in [0.25, 0.3) is 0 Å². The Bertz CT molecular complexity index is 1180. The average Bonchev–Trinajstić information content (AvgIpc) is 3.09. The topological polar surface area (TPSA) is 105 Å². The largest absolute Gasteiger partial charge is 0.434 e. The van der Waals surface area contributed by atoms with E-state index in [2.05, 4.69) is 14.9 Å². The van der Waals surface area contributed by atoms with Crippen molar-refractivity contribution in [2.24, 2.45) is 0 Å². The van der Waals surface area contributed by atoms with Gasteiger partial charge in [0.2, 0.25) is 15.9 Å². The zero-order valence-corrected chi connectivity index (χ0v) is 17.3. The minimum atomic E-state index is -3.99. The van der Waals surface area contributed by atoms with Crippen LogP contribution in [-0.2, 0) is 10.0 Å². The fourth-order valence-corrected chi connectivity index (χ4v) is 4.49. The van der Waals surface area contributed by atoms with Crippen LogP contribution in [-0.4, -0.2) is 18.6 Å². The van der Waals surface area contributed by atoms with Crippen LogP contribution in [0.2, 0.25) is 0 Å². The zero-order valence-electron chi connectivity index (χ0n) is 16.5. The Hall–Kier alpha value is -2.78. The third kappa shape index (κ3) is 4.30. The highest BCUT2D eigenvalue weighted by molar-refractivity contribution is 7.89. The van der Waals surface area contributed by atoms with Gasteiger partial charge in [-0.15, -0.1) is 5.10 Å². The molecule has 0 bridgehead atoms. The van der Waals surface area contributed by atoms with Crippen LogP contribution >= 0.6 is 0 Å². The molecule has 7 nitrogen and oxygen atoms in total. The van der Waals surface area contributed by atoms with Gasteiger partial charge in [0, 0.05) is 5.92 Å². The van der Waals surface area contributed by atoms with Crippen LogP contribution < -0.4 is 10.5 Å². The van der Waals surface area contributed by atoms with E-state index < -0.39 is 33.6 Å². The molecule has 2 aromatic carbocycles. The number of H-pyrrole nitrogens is 1. The summed E-state index contributed by atoms with van der Waals surface area (Å²) >= 11 is 0. The van der Waals surface area contributed by atoms with Crippen LogP contribution in [0.3, 0.4) is 0 Å². The third-order valence-corrected chi connectivity index (χ3v) is 6.48. The summed E-state index contributed by atoms with van der Waals surface area (Å²) in [5.41, 5.74) is 2.78. The quantitative estimate of drug-likeness (QED) is 0.638. The van der Waals surface area contributed by atoms with Crippen molar-refractivity contribution in [3.05, 3.63) is 80.9 Å². The molecule has 154 valence electrons. The first-order valence-electron chi connectivity index (χ1n) is 9.00. The van der Waals surface area contributed by atoms with E-state index in [9.17, 15) is 17.6 Å². The van der Waals surface area contributed by atoms with Crippen molar-refractivity contribution in [2.45, 2.75) is 44.6 Å². The minimum absolute atomic E-state index is 0.0413. The number of nitrogens with one attached hydrogen (secondary N) is 2. The Morgan fingerprint density at radius 2 is 1.76 bits per heavy atom. The van der Waals surface area contributed by atoms with E-state index in [0.717, 1.165) is 11.1 Å². The monoisotopic (exact) mass is 419 g/mol. The highest BCUT2D eigenvalue weighted by Crippen LogP contribution is 2.35. The molecule has 2 unspecified atom stereocenters. The van der Waals surface area contributed by atoms with Crippen LogP contribution in [0.15, 0.2) is 50.5 Å². The molecule has 0 fully saturated rings. The maximum absolute atomic E-state index is 14.7. The normalized spacial score (nSPS) is 14.0. The summed E-state index contributed by atoms with van der Waals surface area (Å²) in [6.45, 7) is 7.10. The van der Waals surface area contributed by atoms with E-state index in [1.807, 2.05) is 13.8 Å². The van der Waals surface area contributed by atoms with E-state index in [4.69, 9.17) is 4.42 Å². The van der Waals surface area contributed by atoms with Gasteiger partial charge in [0.1, 0.15) is 11.9 Å². The molecule has 1 aromatic heterocycles. The van der Waals surface area contributed by atoms with E-state index in [-0.39, 0.29) is 10.8 Å². The Kier molecular flexibility index (Phi) is 5.72. The van der Waals surface area contributed by atoms with Crippen molar-refractivity contribution < 1.29 is 17.2 Å². The number of aryl methyl sites for hydroxylation is 2. The van der Waals surface area contributed by atoms with Gasteiger partial charge >= 0.3 is 5.76 Å². The molecule has 3 rings (SSSR count). The van der Waals surface area contributed by atoms with Crippen molar-refractivity contribution in [2.75, 3.05) is 0 Å². The zero-order chi connectivity index (χ0) is 21.3. The molecule has 9 heteroatoms. The lowest BCUT2D eigenvalue weighted by Crippen LogP contribution is -2.33. The van der Waals surface area contributed by atoms with E-state index in [0.29, 0.717) is 11.1 Å². The molecule has 1 heterocycles. The van der Waals surface area contributed by atoms with Gasteiger partial charge in [0.15, 0.2) is 0 Å². The highest BCUT2D eigenvalue weighted by Gasteiger charge is 2.33. The van der Waals surface area contributed by atoms with Crippen molar-refractivity contribution in [3.8, 4) is 0 Å². The number of hydrogen-bond donors (Lipinski definition) is 2. The van der Waals surface area contributed by atoms with E-state index in [1.165, 1.54) is 18.2 Å². The minimum Gasteiger partial charge on any atom is -0.391 e. The van der Waals surface area contributed by atoms with Gasteiger partial charge in [-0.1, -0.05) is 30.7 Å². The molecular formula is C20H22FN3O4S. The first-order chi connectivity index (χ1) is 13.6. The summed E-state index contributed by atoms with van der Waals surface area (Å²) in [5, 5.41) is 5.91. The first kappa shape index (κ1) is 20.9. The molecule has 0 aliphatic heterocycles. The lowest BCUT2D eigenvalue weighted by molar-refractivity contribution is 0.377. The predicted molar refractivity (Wildman–Crippen MR) is 106 cm³/mol. The molecule has 0 aliphatic carbocycles. The Labute approximate surface area is 168 Å². The first-order valence-corrected chi connectivity index (χ1v) is 10.5. The molecule has 3 aromatic rings. The average molecular weight is 419 g/mol. The predicted octanol–water partition coefficient (Wildman–Crippen LogP) is 3.25. The van der Waals surface area contributed by atoms with E-state index in [1.54, 1.807) is 32.0 Å². The number of sulfonamides is 1. The fourth-order valence-electron chi connectivity index (χ4n) is 3.22. The second-order valence-electron chi connectivity index (χ2n) is 7.06. The van der Waals surface area contributed by atoms with Crippen LogP contribution in [0.5, 0.6) is 0 Å².